The van der Waals surface area contributed by atoms with Crippen LogP contribution in [0.1, 0.15) is 0 Å². The minimum Gasteiger partial charge on any atom is -0.384 e. The van der Waals surface area contributed by atoms with Crippen LogP contribution in [0, 0.1) is 0 Å². The Morgan fingerprint density at radius 3 is 2.75 bits per heavy atom. The molecule has 0 aliphatic rings. The van der Waals surface area contributed by atoms with Crippen LogP contribution in [0.2, 0.25) is 0 Å². The van der Waals surface area contributed by atoms with Gasteiger partial charge in [0.25, 0.3) is 5.56 Å². The summed E-state index contributed by atoms with van der Waals surface area (Å²) in [6.45, 7) is 0. The molecule has 0 radical (unpaired) electrons. The molecule has 5 N–H and O–H groups in total. The van der Waals surface area contributed by atoms with Gasteiger partial charge in [-0.25, -0.2) is 4.79 Å². The number of aromatic amines is 3. The van der Waals surface area contributed by atoms with E-state index >= 15 is 0 Å². The normalized spacial score (nSPS) is 10.7. The molecule has 2 aromatic heterocycles. The molecule has 0 atom stereocenters. The van der Waals surface area contributed by atoms with Crippen molar-refractivity contribution in [2.75, 3.05) is 5.73 Å². The second-order valence-electron chi connectivity index (χ2n) is 2.26. The van der Waals surface area contributed by atoms with Crippen molar-refractivity contribution < 1.29 is 0 Å². The average molecular weight is 167 g/mol. The van der Waals surface area contributed by atoms with Gasteiger partial charge in [-0.3, -0.25) is 20.0 Å². The van der Waals surface area contributed by atoms with Crippen molar-refractivity contribution in [3.8, 4) is 0 Å². The number of fused-ring (bicyclic) bond motifs is 1. The number of hydrogen-bond acceptors (Lipinski definition) is 4. The highest BCUT2D eigenvalue weighted by Gasteiger charge is 2.06. The topological polar surface area (TPSA) is 120 Å². The molecular weight excluding hydrogens is 162 g/mol. The minimum atomic E-state index is -0.588. The Hall–Kier alpha value is -2.05. The molecule has 0 amide bonds. The number of nitrogen functional groups attached to an aromatic ring is 1. The maximum Gasteiger partial charge on any atom is 0.348 e. The Morgan fingerprint density at radius 2 is 2.00 bits per heavy atom. The van der Waals surface area contributed by atoms with Crippen LogP contribution in [-0.4, -0.2) is 20.2 Å². The van der Waals surface area contributed by atoms with Crippen molar-refractivity contribution in [3.05, 3.63) is 20.8 Å². The van der Waals surface area contributed by atoms with Crippen LogP contribution in [0.15, 0.2) is 9.59 Å². The van der Waals surface area contributed by atoms with Crippen LogP contribution in [-0.2, 0) is 0 Å². The standard InChI is InChI=1S/C5H5N5O2/c6-2-1-3(8-5(12)7-2)9-10-4(1)11/h(H5,6,7,8,9,10,11,12). The number of nitrogens with two attached hydrogens (primary N) is 1. The van der Waals surface area contributed by atoms with Crippen LogP contribution in [0.5, 0.6) is 0 Å². The van der Waals surface area contributed by atoms with Crippen molar-refractivity contribution >= 4 is 16.9 Å². The maximum absolute atomic E-state index is 11.0. The predicted molar refractivity (Wildman–Crippen MR) is 41.7 cm³/mol. The summed E-state index contributed by atoms with van der Waals surface area (Å²) in [7, 11) is 0. The van der Waals surface area contributed by atoms with E-state index < -0.39 is 11.2 Å². The molecule has 2 aromatic rings. The average Bonchev–Trinajstić information content (AvgIpc) is 2.31. The molecule has 0 aliphatic heterocycles. The van der Waals surface area contributed by atoms with Gasteiger partial charge >= 0.3 is 5.69 Å². The molecule has 0 aliphatic carbocycles. The van der Waals surface area contributed by atoms with Crippen molar-refractivity contribution in [1.82, 2.24) is 20.2 Å². The van der Waals surface area contributed by atoms with Crippen LogP contribution >= 0.6 is 0 Å². The Kier molecular flexibility index (Phi) is 1.09. The first kappa shape index (κ1) is 6.65. The SMILES string of the molecule is Nc1[nH]c(=O)nc2[nH][nH]c(=O)c12. The van der Waals surface area contributed by atoms with Crippen molar-refractivity contribution in [2.24, 2.45) is 0 Å². The highest BCUT2D eigenvalue weighted by atomic mass is 16.1. The fourth-order valence-corrected chi connectivity index (χ4v) is 0.989. The van der Waals surface area contributed by atoms with E-state index in [1.54, 1.807) is 0 Å². The molecule has 2 heterocycles. The van der Waals surface area contributed by atoms with E-state index in [4.69, 9.17) is 5.73 Å². The Balaban J connectivity index is 3.13. The second kappa shape index (κ2) is 1.97. The van der Waals surface area contributed by atoms with Gasteiger partial charge in [0.05, 0.1) is 0 Å². The summed E-state index contributed by atoms with van der Waals surface area (Å²) in [5, 5.41) is 4.86. The molecule has 0 unspecified atom stereocenters. The molecule has 62 valence electrons. The number of rotatable bonds is 0. The van der Waals surface area contributed by atoms with E-state index in [0.29, 0.717) is 0 Å². The van der Waals surface area contributed by atoms with E-state index in [9.17, 15) is 9.59 Å². The van der Waals surface area contributed by atoms with Gasteiger partial charge in [0, 0.05) is 0 Å². The lowest BCUT2D eigenvalue weighted by Crippen LogP contribution is -2.14. The van der Waals surface area contributed by atoms with Crippen molar-refractivity contribution in [1.29, 1.82) is 0 Å². The van der Waals surface area contributed by atoms with Gasteiger partial charge in [-0.1, -0.05) is 0 Å². The summed E-state index contributed by atoms with van der Waals surface area (Å²) in [5.74, 6) is 0.0208. The summed E-state index contributed by atoms with van der Waals surface area (Å²) in [6, 6.07) is 0. The highest BCUT2D eigenvalue weighted by molar-refractivity contribution is 5.83. The van der Waals surface area contributed by atoms with Crippen LogP contribution in [0.25, 0.3) is 11.0 Å². The van der Waals surface area contributed by atoms with Crippen LogP contribution in [0.4, 0.5) is 5.82 Å². The van der Waals surface area contributed by atoms with Gasteiger partial charge in [0.1, 0.15) is 11.2 Å². The number of anilines is 1. The highest BCUT2D eigenvalue weighted by Crippen LogP contribution is 2.04. The third-order valence-electron chi connectivity index (χ3n) is 1.48. The molecular formula is C5H5N5O2. The fourth-order valence-electron chi connectivity index (χ4n) is 0.989. The number of H-pyrrole nitrogens is 3. The monoisotopic (exact) mass is 167 g/mol. The van der Waals surface area contributed by atoms with Crippen LogP contribution < -0.4 is 17.0 Å². The third kappa shape index (κ3) is 0.729. The summed E-state index contributed by atoms with van der Waals surface area (Å²) in [5.41, 5.74) is 4.55. The van der Waals surface area contributed by atoms with Crippen molar-refractivity contribution in [2.45, 2.75) is 0 Å². The van der Waals surface area contributed by atoms with Gasteiger partial charge in [-0.15, -0.1) is 0 Å². The molecule has 2 rings (SSSR count). The van der Waals surface area contributed by atoms with Crippen LogP contribution in [0.3, 0.4) is 0 Å². The predicted octanol–water partition coefficient (Wildman–Crippen LogP) is -1.48. The summed E-state index contributed by atoms with van der Waals surface area (Å²) in [6.07, 6.45) is 0. The maximum atomic E-state index is 11.0. The third-order valence-corrected chi connectivity index (χ3v) is 1.48. The van der Waals surface area contributed by atoms with E-state index in [2.05, 4.69) is 20.2 Å². The molecule has 7 heteroatoms. The Bertz CT molecular complexity index is 532. The lowest BCUT2D eigenvalue weighted by Gasteiger charge is -1.90. The zero-order valence-electron chi connectivity index (χ0n) is 5.84. The van der Waals surface area contributed by atoms with Gasteiger partial charge in [0.15, 0.2) is 5.65 Å². The van der Waals surface area contributed by atoms with E-state index in [0.717, 1.165) is 0 Å². The quantitative estimate of drug-likeness (QED) is 0.382. The molecule has 0 aromatic carbocycles. The summed E-state index contributed by atoms with van der Waals surface area (Å²) in [4.78, 5) is 27.4. The molecule has 0 spiro atoms. The number of nitrogens with zero attached hydrogens (tertiary/aromatic N) is 1. The minimum absolute atomic E-state index is 0.0208. The largest absolute Gasteiger partial charge is 0.384 e. The molecule has 12 heavy (non-hydrogen) atoms. The smallest absolute Gasteiger partial charge is 0.348 e. The van der Waals surface area contributed by atoms with Gasteiger partial charge in [0.2, 0.25) is 0 Å². The second-order valence-corrected chi connectivity index (χ2v) is 2.26. The summed E-state index contributed by atoms with van der Waals surface area (Å²) < 4.78 is 0. The molecule has 0 bridgehead atoms. The van der Waals surface area contributed by atoms with E-state index in [1.807, 2.05) is 0 Å². The summed E-state index contributed by atoms with van der Waals surface area (Å²) >= 11 is 0. The first-order chi connectivity index (χ1) is 5.68. The van der Waals surface area contributed by atoms with E-state index in [1.165, 1.54) is 0 Å². The molecule has 0 saturated carbocycles. The van der Waals surface area contributed by atoms with Gasteiger partial charge in [-0.05, 0) is 0 Å². The zero-order chi connectivity index (χ0) is 8.72. The fraction of sp³-hybridized carbons (Fsp3) is 0. The number of hydrogen-bond donors (Lipinski definition) is 4. The lowest BCUT2D eigenvalue weighted by atomic mass is 10.4. The molecule has 0 fully saturated rings. The Labute approximate surface area is 64.6 Å². The molecule has 0 saturated heterocycles. The zero-order valence-corrected chi connectivity index (χ0v) is 5.84. The van der Waals surface area contributed by atoms with Gasteiger partial charge < -0.3 is 5.73 Å². The van der Waals surface area contributed by atoms with Crippen molar-refractivity contribution in [3.63, 3.8) is 0 Å². The van der Waals surface area contributed by atoms with Gasteiger partial charge in [-0.2, -0.15) is 4.98 Å². The first-order valence-corrected chi connectivity index (χ1v) is 3.14. The van der Waals surface area contributed by atoms with E-state index in [-0.39, 0.29) is 16.9 Å². The number of aromatic nitrogens is 4. The number of nitrogens with one attached hydrogen (secondary N) is 3. The Morgan fingerprint density at radius 1 is 1.25 bits per heavy atom. The lowest BCUT2D eigenvalue weighted by molar-refractivity contribution is 1.05. The molecule has 7 nitrogen and oxygen atoms in total. The first-order valence-electron chi connectivity index (χ1n) is 3.14.